The molecule has 74 valence electrons. The highest BCUT2D eigenvalue weighted by Gasteiger charge is 2.30. The zero-order chi connectivity index (χ0) is 10.1. The third-order valence-electron chi connectivity index (χ3n) is 2.23. The Hall–Kier alpha value is -0.790. The number of carbonyl (C=O) groups excluding carboxylic acids is 1. The Morgan fingerprint density at radius 2 is 2.00 bits per heavy atom. The smallest absolute Gasteiger partial charge is 0.166 e. The maximum absolute atomic E-state index is 11.7. The van der Waals surface area contributed by atoms with Crippen LogP contribution in [0.4, 0.5) is 0 Å². The van der Waals surface area contributed by atoms with Crippen molar-refractivity contribution in [1.29, 1.82) is 0 Å². The van der Waals surface area contributed by atoms with E-state index in [1.54, 1.807) is 0 Å². The van der Waals surface area contributed by atoms with Crippen LogP contribution >= 0.6 is 0 Å². The fourth-order valence-corrected chi connectivity index (χ4v) is 1.73. The molecule has 2 nitrogen and oxygen atoms in total. The second-order valence-corrected chi connectivity index (χ2v) is 4.42. The van der Waals surface area contributed by atoms with Crippen molar-refractivity contribution in [2.45, 2.75) is 40.5 Å². The van der Waals surface area contributed by atoms with Gasteiger partial charge in [-0.3, -0.25) is 4.79 Å². The lowest BCUT2D eigenvalue weighted by atomic mass is 9.81. The van der Waals surface area contributed by atoms with E-state index in [2.05, 4.69) is 20.8 Å². The van der Waals surface area contributed by atoms with Crippen molar-refractivity contribution < 1.29 is 9.53 Å². The minimum absolute atomic E-state index is 0.0805. The van der Waals surface area contributed by atoms with E-state index in [9.17, 15) is 4.79 Å². The molecule has 1 heterocycles. The van der Waals surface area contributed by atoms with Crippen LogP contribution in [0, 0.1) is 5.41 Å². The van der Waals surface area contributed by atoms with Crippen molar-refractivity contribution in [3.05, 3.63) is 11.3 Å². The Labute approximate surface area is 80.0 Å². The Morgan fingerprint density at radius 3 is 2.38 bits per heavy atom. The molecule has 0 aliphatic carbocycles. The first-order valence-corrected chi connectivity index (χ1v) is 4.86. The summed E-state index contributed by atoms with van der Waals surface area (Å²) < 4.78 is 5.50. The van der Waals surface area contributed by atoms with E-state index >= 15 is 0 Å². The first kappa shape index (κ1) is 10.3. The predicted molar refractivity (Wildman–Crippen MR) is 52.3 cm³/mol. The third kappa shape index (κ3) is 2.11. The molecule has 0 radical (unpaired) electrons. The van der Waals surface area contributed by atoms with Crippen LogP contribution in [-0.2, 0) is 9.53 Å². The van der Waals surface area contributed by atoms with Crippen LogP contribution in [0.1, 0.15) is 40.5 Å². The topological polar surface area (TPSA) is 26.3 Å². The van der Waals surface area contributed by atoms with Crippen LogP contribution in [0.25, 0.3) is 0 Å². The molecule has 0 saturated carbocycles. The number of hydrogen-bond donors (Lipinski definition) is 0. The predicted octanol–water partition coefficient (Wildman–Crippen LogP) is 2.69. The molecule has 0 aromatic carbocycles. The Balaban J connectivity index is 3.09. The molecule has 0 unspecified atom stereocenters. The van der Waals surface area contributed by atoms with E-state index in [1.807, 2.05) is 6.92 Å². The summed E-state index contributed by atoms with van der Waals surface area (Å²) in [6.07, 6.45) is 1.36. The minimum Gasteiger partial charge on any atom is -0.497 e. The van der Waals surface area contributed by atoms with Gasteiger partial charge in [0.05, 0.1) is 6.61 Å². The fraction of sp³-hybridized carbons (Fsp3) is 0.727. The van der Waals surface area contributed by atoms with Gasteiger partial charge in [-0.25, -0.2) is 0 Å². The number of allylic oxidation sites excluding steroid dienone is 2. The molecule has 0 N–H and O–H groups in total. The number of hydrogen-bond acceptors (Lipinski definition) is 2. The van der Waals surface area contributed by atoms with E-state index < -0.39 is 0 Å². The Bertz CT molecular complexity index is 243. The van der Waals surface area contributed by atoms with Crippen LogP contribution in [-0.4, -0.2) is 12.4 Å². The second kappa shape index (κ2) is 3.52. The van der Waals surface area contributed by atoms with E-state index in [0.717, 1.165) is 17.8 Å². The van der Waals surface area contributed by atoms with Gasteiger partial charge < -0.3 is 4.74 Å². The summed E-state index contributed by atoms with van der Waals surface area (Å²) in [6, 6.07) is 0. The van der Waals surface area contributed by atoms with Crippen LogP contribution in [0.15, 0.2) is 11.3 Å². The summed E-state index contributed by atoms with van der Waals surface area (Å²) in [7, 11) is 0. The van der Waals surface area contributed by atoms with Crippen LogP contribution < -0.4 is 0 Å². The lowest BCUT2D eigenvalue weighted by Crippen LogP contribution is -2.26. The molecule has 1 aliphatic heterocycles. The summed E-state index contributed by atoms with van der Waals surface area (Å²) in [6.45, 7) is 8.76. The van der Waals surface area contributed by atoms with E-state index in [-0.39, 0.29) is 11.2 Å². The van der Waals surface area contributed by atoms with Gasteiger partial charge in [-0.05, 0) is 5.41 Å². The minimum atomic E-state index is -0.0805. The zero-order valence-corrected chi connectivity index (χ0v) is 8.94. The second-order valence-electron chi connectivity index (χ2n) is 4.42. The van der Waals surface area contributed by atoms with Crippen LogP contribution in [0.5, 0.6) is 0 Å². The molecule has 0 fully saturated rings. The van der Waals surface area contributed by atoms with Gasteiger partial charge in [0, 0.05) is 18.4 Å². The number of ether oxygens (including phenoxy) is 1. The summed E-state index contributed by atoms with van der Waals surface area (Å²) >= 11 is 0. The molecule has 0 saturated heterocycles. The summed E-state index contributed by atoms with van der Waals surface area (Å²) in [5.74, 6) is 1.15. The van der Waals surface area contributed by atoms with E-state index in [0.29, 0.717) is 13.0 Å². The molecule has 0 bridgehead atoms. The van der Waals surface area contributed by atoms with Crippen molar-refractivity contribution in [3.8, 4) is 0 Å². The van der Waals surface area contributed by atoms with Gasteiger partial charge in [-0.2, -0.15) is 0 Å². The highest BCUT2D eigenvalue weighted by atomic mass is 16.5. The third-order valence-corrected chi connectivity index (χ3v) is 2.23. The monoisotopic (exact) mass is 182 g/mol. The Morgan fingerprint density at radius 1 is 1.38 bits per heavy atom. The summed E-state index contributed by atoms with van der Waals surface area (Å²) in [5.41, 5.74) is 0.810. The molecular weight excluding hydrogens is 164 g/mol. The SMILES string of the molecule is CCC1=C(C(C)(C)C)C(=O)CCO1. The quantitative estimate of drug-likeness (QED) is 0.623. The summed E-state index contributed by atoms with van der Waals surface area (Å²) in [4.78, 5) is 11.7. The van der Waals surface area contributed by atoms with Gasteiger partial charge in [-0.15, -0.1) is 0 Å². The molecule has 0 atom stereocenters. The van der Waals surface area contributed by atoms with Gasteiger partial charge in [0.15, 0.2) is 5.78 Å². The van der Waals surface area contributed by atoms with Crippen LogP contribution in [0.3, 0.4) is 0 Å². The lowest BCUT2D eigenvalue weighted by molar-refractivity contribution is -0.118. The maximum Gasteiger partial charge on any atom is 0.166 e. The molecule has 1 aliphatic rings. The highest BCUT2D eigenvalue weighted by molar-refractivity contribution is 5.97. The largest absolute Gasteiger partial charge is 0.497 e. The van der Waals surface area contributed by atoms with Crippen molar-refractivity contribution in [1.82, 2.24) is 0 Å². The van der Waals surface area contributed by atoms with Crippen molar-refractivity contribution >= 4 is 5.78 Å². The normalized spacial score (nSPS) is 18.9. The number of rotatable bonds is 1. The fourth-order valence-electron chi connectivity index (χ4n) is 1.73. The molecule has 1 rings (SSSR count). The first-order valence-electron chi connectivity index (χ1n) is 4.86. The Kier molecular flexibility index (Phi) is 2.79. The van der Waals surface area contributed by atoms with E-state index in [4.69, 9.17) is 4.74 Å². The average Bonchev–Trinajstić information content (AvgIpc) is 2.01. The van der Waals surface area contributed by atoms with Gasteiger partial charge in [0.25, 0.3) is 0 Å². The molecule has 2 heteroatoms. The summed E-state index contributed by atoms with van der Waals surface area (Å²) in [5, 5.41) is 0. The molecule has 13 heavy (non-hydrogen) atoms. The molecule has 0 aromatic heterocycles. The molecule has 0 amide bonds. The molecular formula is C11H18O2. The van der Waals surface area contributed by atoms with Gasteiger partial charge in [0.2, 0.25) is 0 Å². The number of Topliss-reactive ketones (excluding diaryl/α,β-unsaturated/α-hetero) is 1. The van der Waals surface area contributed by atoms with Crippen molar-refractivity contribution in [2.24, 2.45) is 5.41 Å². The standard InChI is InChI=1S/C11H18O2/c1-5-9-10(11(2,3)4)8(12)6-7-13-9/h5-7H2,1-4H3. The molecule has 0 spiro atoms. The van der Waals surface area contributed by atoms with Crippen molar-refractivity contribution in [2.75, 3.05) is 6.61 Å². The van der Waals surface area contributed by atoms with Gasteiger partial charge in [-0.1, -0.05) is 27.7 Å². The highest BCUT2D eigenvalue weighted by Crippen LogP contribution is 2.33. The lowest BCUT2D eigenvalue weighted by Gasteiger charge is -2.28. The zero-order valence-electron chi connectivity index (χ0n) is 8.94. The number of carbonyl (C=O) groups is 1. The molecule has 0 aromatic rings. The first-order chi connectivity index (χ1) is 5.96. The maximum atomic E-state index is 11.7. The van der Waals surface area contributed by atoms with Crippen molar-refractivity contribution in [3.63, 3.8) is 0 Å². The average molecular weight is 182 g/mol. The van der Waals surface area contributed by atoms with Gasteiger partial charge in [0.1, 0.15) is 5.76 Å². The number of ketones is 1. The van der Waals surface area contributed by atoms with Crippen LogP contribution in [0.2, 0.25) is 0 Å². The van der Waals surface area contributed by atoms with Gasteiger partial charge >= 0.3 is 0 Å². The van der Waals surface area contributed by atoms with E-state index in [1.165, 1.54) is 0 Å².